The molecule has 0 spiro atoms. The number of unbranched alkanes of at least 4 members (excludes halogenated alkanes) is 2. The number of rotatable bonds is 4. The summed E-state index contributed by atoms with van der Waals surface area (Å²) in [7, 11) is 1.50. The summed E-state index contributed by atoms with van der Waals surface area (Å²) in [5, 5.41) is 8.41. The lowest BCUT2D eigenvalue weighted by Gasteiger charge is -2.36. The largest absolute Gasteiger partial charge is 0.481 e. The molecule has 0 heterocycles. The third-order valence-corrected chi connectivity index (χ3v) is 2.85. The average Bonchev–Trinajstić information content (AvgIpc) is 2.20. The Morgan fingerprint density at radius 3 is 1.75 bits per heavy atom. The molecule has 0 atom stereocenters. The Labute approximate surface area is 100 Å². The van der Waals surface area contributed by atoms with Gasteiger partial charge in [-0.3, -0.25) is 4.79 Å². The molecular formula is C13H29NO2. The lowest BCUT2D eigenvalue weighted by Crippen LogP contribution is -2.28. The van der Waals surface area contributed by atoms with E-state index in [0.717, 1.165) is 12.8 Å². The average molecular weight is 231 g/mol. The Hall–Kier alpha value is -0.570. The highest BCUT2D eigenvalue weighted by molar-refractivity contribution is 5.67. The van der Waals surface area contributed by atoms with Crippen molar-refractivity contribution < 1.29 is 9.90 Å². The van der Waals surface area contributed by atoms with E-state index in [2.05, 4.69) is 19.6 Å². The summed E-state index contributed by atoms with van der Waals surface area (Å²) in [4.78, 5) is 10.2. The molecule has 3 nitrogen and oxygen atoms in total. The molecule has 1 saturated carbocycles. The van der Waals surface area contributed by atoms with Gasteiger partial charge >= 0.3 is 5.97 Å². The maximum atomic E-state index is 10.2. The van der Waals surface area contributed by atoms with Crippen molar-refractivity contribution in [2.24, 2.45) is 11.1 Å². The molecule has 3 N–H and O–H groups in total. The molecule has 0 saturated heterocycles. The van der Waals surface area contributed by atoms with Crippen molar-refractivity contribution in [2.45, 2.75) is 65.7 Å². The number of carboxylic acids is 1. The van der Waals surface area contributed by atoms with Crippen molar-refractivity contribution in [2.75, 3.05) is 7.05 Å². The lowest BCUT2D eigenvalue weighted by atomic mass is 9.68. The summed E-state index contributed by atoms with van der Waals surface area (Å²) >= 11 is 0. The second-order valence-electron chi connectivity index (χ2n) is 4.59. The van der Waals surface area contributed by atoms with Crippen molar-refractivity contribution in [3.8, 4) is 0 Å². The monoisotopic (exact) mass is 231 g/mol. The highest BCUT2D eigenvalue weighted by Gasteiger charge is 2.33. The summed E-state index contributed by atoms with van der Waals surface area (Å²) < 4.78 is 0. The topological polar surface area (TPSA) is 63.3 Å². The van der Waals surface area contributed by atoms with Gasteiger partial charge in [-0.25, -0.2) is 0 Å². The van der Waals surface area contributed by atoms with Crippen molar-refractivity contribution in [1.82, 2.24) is 0 Å². The van der Waals surface area contributed by atoms with Gasteiger partial charge in [-0.1, -0.05) is 46.5 Å². The van der Waals surface area contributed by atoms with Crippen molar-refractivity contribution in [3.05, 3.63) is 0 Å². The molecule has 1 fully saturated rings. The van der Waals surface area contributed by atoms with Crippen LogP contribution in [-0.2, 0) is 4.79 Å². The minimum Gasteiger partial charge on any atom is -0.481 e. The zero-order valence-electron chi connectivity index (χ0n) is 11.4. The number of nitrogens with two attached hydrogens (primary N) is 1. The molecule has 98 valence electrons. The maximum Gasteiger partial charge on any atom is 0.303 e. The Morgan fingerprint density at radius 2 is 1.69 bits per heavy atom. The van der Waals surface area contributed by atoms with Crippen LogP contribution in [0.4, 0.5) is 0 Å². The fourth-order valence-electron chi connectivity index (χ4n) is 1.68. The third-order valence-electron chi connectivity index (χ3n) is 2.85. The van der Waals surface area contributed by atoms with Crippen LogP contribution in [-0.4, -0.2) is 18.1 Å². The van der Waals surface area contributed by atoms with Crippen molar-refractivity contribution in [1.29, 1.82) is 0 Å². The number of hydrogen-bond donors (Lipinski definition) is 2. The van der Waals surface area contributed by atoms with Crippen molar-refractivity contribution >= 4 is 5.97 Å². The van der Waals surface area contributed by atoms with E-state index in [1.54, 1.807) is 0 Å². The molecule has 16 heavy (non-hydrogen) atoms. The molecule has 0 aliphatic heterocycles. The first kappa shape index (κ1) is 17.8. The van der Waals surface area contributed by atoms with Gasteiger partial charge in [0.25, 0.3) is 0 Å². The van der Waals surface area contributed by atoms with Gasteiger partial charge in [0, 0.05) is 0 Å². The highest BCUT2D eigenvalue weighted by Crippen LogP contribution is 2.42. The first-order valence-corrected chi connectivity index (χ1v) is 6.33. The predicted octanol–water partition coefficient (Wildman–Crippen LogP) is 3.42. The first-order valence-electron chi connectivity index (χ1n) is 6.33. The summed E-state index contributed by atoms with van der Waals surface area (Å²) in [6, 6.07) is 0. The SMILES string of the molecule is CC1(CC(=O)O)CCC1.CCCCC.CN. The predicted molar refractivity (Wildman–Crippen MR) is 69.5 cm³/mol. The van der Waals surface area contributed by atoms with E-state index in [1.165, 1.54) is 32.7 Å². The van der Waals surface area contributed by atoms with Crippen LogP contribution in [0, 0.1) is 5.41 Å². The van der Waals surface area contributed by atoms with Gasteiger partial charge in [0.2, 0.25) is 0 Å². The quantitative estimate of drug-likeness (QED) is 0.779. The molecule has 0 aromatic carbocycles. The van der Waals surface area contributed by atoms with E-state index < -0.39 is 5.97 Å². The summed E-state index contributed by atoms with van der Waals surface area (Å²) in [5.74, 6) is -0.655. The molecular weight excluding hydrogens is 202 g/mol. The summed E-state index contributed by atoms with van der Waals surface area (Å²) in [5.41, 5.74) is 4.64. The van der Waals surface area contributed by atoms with Gasteiger partial charge < -0.3 is 10.8 Å². The number of carbonyl (C=O) groups is 1. The summed E-state index contributed by atoms with van der Waals surface area (Å²) in [6.07, 6.45) is 7.84. The van der Waals surface area contributed by atoms with E-state index in [4.69, 9.17) is 5.11 Å². The van der Waals surface area contributed by atoms with Gasteiger partial charge in [0.1, 0.15) is 0 Å². The van der Waals surface area contributed by atoms with Crippen LogP contribution in [0.1, 0.15) is 65.7 Å². The van der Waals surface area contributed by atoms with E-state index in [0.29, 0.717) is 6.42 Å². The molecule has 3 heteroatoms. The van der Waals surface area contributed by atoms with E-state index in [-0.39, 0.29) is 5.41 Å². The van der Waals surface area contributed by atoms with Gasteiger partial charge in [-0.05, 0) is 25.3 Å². The Morgan fingerprint density at radius 1 is 1.25 bits per heavy atom. The Bertz CT molecular complexity index is 163. The molecule has 0 unspecified atom stereocenters. The van der Waals surface area contributed by atoms with Crippen LogP contribution >= 0.6 is 0 Å². The standard InChI is InChI=1S/C7H12O2.C5H12.CH5N/c1-7(3-2-4-7)5-6(8)9;1-3-5-4-2;1-2/h2-5H2,1H3,(H,8,9);3-5H2,1-2H3;2H2,1H3. The Balaban J connectivity index is 0. The lowest BCUT2D eigenvalue weighted by molar-refractivity contribution is -0.140. The maximum absolute atomic E-state index is 10.2. The van der Waals surface area contributed by atoms with Crippen LogP contribution in [0.5, 0.6) is 0 Å². The molecule has 0 aromatic rings. The zero-order valence-corrected chi connectivity index (χ0v) is 11.4. The molecule has 0 aromatic heterocycles. The third kappa shape index (κ3) is 9.97. The minimum atomic E-state index is -0.655. The number of hydrogen-bond acceptors (Lipinski definition) is 2. The van der Waals surface area contributed by atoms with Crippen LogP contribution in [0.25, 0.3) is 0 Å². The van der Waals surface area contributed by atoms with Gasteiger partial charge in [0.05, 0.1) is 6.42 Å². The molecule has 0 amide bonds. The van der Waals surface area contributed by atoms with E-state index in [1.807, 2.05) is 6.92 Å². The minimum absolute atomic E-state index is 0.145. The van der Waals surface area contributed by atoms with E-state index in [9.17, 15) is 4.79 Å². The molecule has 0 radical (unpaired) electrons. The van der Waals surface area contributed by atoms with Gasteiger partial charge in [0.15, 0.2) is 0 Å². The fourth-order valence-corrected chi connectivity index (χ4v) is 1.68. The molecule has 0 bridgehead atoms. The fraction of sp³-hybridized carbons (Fsp3) is 0.923. The van der Waals surface area contributed by atoms with Crippen molar-refractivity contribution in [3.63, 3.8) is 0 Å². The smallest absolute Gasteiger partial charge is 0.303 e. The van der Waals surface area contributed by atoms with Gasteiger partial charge in [-0.15, -0.1) is 0 Å². The summed E-state index contributed by atoms with van der Waals surface area (Å²) in [6.45, 7) is 6.47. The number of carboxylic acid groups (broad SMARTS) is 1. The van der Waals surface area contributed by atoms with Crippen LogP contribution < -0.4 is 5.73 Å². The van der Waals surface area contributed by atoms with Gasteiger partial charge in [-0.2, -0.15) is 0 Å². The normalized spacial score (nSPS) is 15.8. The molecule has 1 rings (SSSR count). The second-order valence-corrected chi connectivity index (χ2v) is 4.59. The van der Waals surface area contributed by atoms with Crippen LogP contribution in [0.15, 0.2) is 0 Å². The zero-order chi connectivity index (χ0) is 13.0. The van der Waals surface area contributed by atoms with Crippen LogP contribution in [0.2, 0.25) is 0 Å². The second kappa shape index (κ2) is 10.9. The first-order chi connectivity index (χ1) is 7.54. The van der Waals surface area contributed by atoms with E-state index >= 15 is 0 Å². The Kier molecular flexibility index (Phi) is 12.2. The molecule has 1 aliphatic carbocycles. The van der Waals surface area contributed by atoms with Crippen LogP contribution in [0.3, 0.4) is 0 Å². The number of aliphatic carboxylic acids is 1. The molecule has 1 aliphatic rings. The highest BCUT2D eigenvalue weighted by atomic mass is 16.4.